The highest BCUT2D eigenvalue weighted by molar-refractivity contribution is 5.93. The van der Waals surface area contributed by atoms with Crippen LogP contribution in [0.3, 0.4) is 0 Å². The number of rotatable bonds is 4. The van der Waals surface area contributed by atoms with E-state index in [1.165, 1.54) is 5.56 Å². The van der Waals surface area contributed by atoms with Crippen LogP contribution in [-0.2, 0) is 5.41 Å². The highest BCUT2D eigenvalue weighted by Crippen LogP contribution is 2.43. The maximum absolute atomic E-state index is 10.6. The number of nitriles is 1. The zero-order valence-electron chi connectivity index (χ0n) is 21.0. The van der Waals surface area contributed by atoms with Gasteiger partial charge >= 0.3 is 0 Å². The van der Waals surface area contributed by atoms with Crippen molar-refractivity contribution in [3.05, 3.63) is 132 Å². The third kappa shape index (κ3) is 4.47. The Hall–Kier alpha value is -4.41. The lowest BCUT2D eigenvalue weighted by atomic mass is 9.79. The van der Waals surface area contributed by atoms with Crippen molar-refractivity contribution in [2.75, 3.05) is 0 Å². The summed E-state index contributed by atoms with van der Waals surface area (Å²) in [6.45, 7) is 6.69. The first-order chi connectivity index (χ1) is 17.5. The largest absolute Gasteiger partial charge is 0.192 e. The molecule has 5 aromatic carbocycles. The zero-order valence-corrected chi connectivity index (χ0v) is 21.0. The molecule has 1 nitrogen and oxygen atoms in total. The van der Waals surface area contributed by atoms with Crippen LogP contribution >= 0.6 is 0 Å². The molecule has 0 N–H and O–H groups in total. The van der Waals surface area contributed by atoms with Crippen molar-refractivity contribution >= 4 is 0 Å². The van der Waals surface area contributed by atoms with Crippen LogP contribution in [0, 0.1) is 11.3 Å². The summed E-state index contributed by atoms with van der Waals surface area (Å²) in [6, 6.07) is 44.7. The quantitative estimate of drug-likeness (QED) is 0.260. The molecule has 0 saturated carbocycles. The van der Waals surface area contributed by atoms with Gasteiger partial charge in [-0.25, -0.2) is 0 Å². The van der Waals surface area contributed by atoms with E-state index in [0.717, 1.165) is 44.5 Å². The van der Waals surface area contributed by atoms with Gasteiger partial charge in [0.2, 0.25) is 0 Å². The van der Waals surface area contributed by atoms with Crippen LogP contribution in [0.5, 0.6) is 0 Å². The van der Waals surface area contributed by atoms with E-state index in [1.807, 2.05) is 12.1 Å². The van der Waals surface area contributed by atoms with Crippen molar-refractivity contribution in [3.8, 4) is 50.6 Å². The van der Waals surface area contributed by atoms with Gasteiger partial charge in [-0.3, -0.25) is 0 Å². The van der Waals surface area contributed by atoms with Gasteiger partial charge in [0.1, 0.15) is 6.07 Å². The molecule has 0 aromatic heterocycles. The van der Waals surface area contributed by atoms with Crippen LogP contribution in [0.4, 0.5) is 0 Å². The Morgan fingerprint density at radius 2 is 0.833 bits per heavy atom. The first kappa shape index (κ1) is 23.3. The molecule has 5 aromatic rings. The van der Waals surface area contributed by atoms with Gasteiger partial charge in [0.05, 0.1) is 5.56 Å². The molecule has 0 atom stereocenters. The Morgan fingerprint density at radius 1 is 0.472 bits per heavy atom. The van der Waals surface area contributed by atoms with E-state index in [1.54, 1.807) is 0 Å². The lowest BCUT2D eigenvalue weighted by molar-refractivity contribution is 0.590. The second kappa shape index (κ2) is 9.68. The molecule has 36 heavy (non-hydrogen) atoms. The monoisotopic (exact) mass is 463 g/mol. The average molecular weight is 464 g/mol. The van der Waals surface area contributed by atoms with E-state index >= 15 is 0 Å². The molecule has 0 aliphatic heterocycles. The van der Waals surface area contributed by atoms with Gasteiger partial charge in [-0.05, 0) is 56.5 Å². The number of nitrogens with zero attached hydrogens (tertiary/aromatic N) is 1. The Labute approximate surface area is 214 Å². The normalized spacial score (nSPS) is 11.2. The maximum Gasteiger partial charge on any atom is 0.100 e. The molecule has 0 fully saturated rings. The first-order valence-electron chi connectivity index (χ1n) is 12.4. The van der Waals surface area contributed by atoms with Crippen molar-refractivity contribution in [2.45, 2.75) is 26.2 Å². The molecule has 0 unspecified atom stereocenters. The van der Waals surface area contributed by atoms with E-state index in [9.17, 15) is 5.26 Å². The molecule has 0 saturated heterocycles. The number of hydrogen-bond donors (Lipinski definition) is 0. The first-order valence-corrected chi connectivity index (χ1v) is 12.4. The molecule has 0 spiro atoms. The van der Waals surface area contributed by atoms with Crippen LogP contribution in [0.2, 0.25) is 0 Å². The molecule has 0 aliphatic carbocycles. The summed E-state index contributed by atoms with van der Waals surface area (Å²) >= 11 is 0. The van der Waals surface area contributed by atoms with Crippen LogP contribution < -0.4 is 0 Å². The van der Waals surface area contributed by atoms with Gasteiger partial charge in [-0.1, -0.05) is 130 Å². The Morgan fingerprint density at radius 3 is 1.19 bits per heavy atom. The van der Waals surface area contributed by atoms with Crippen LogP contribution in [0.25, 0.3) is 44.5 Å². The summed E-state index contributed by atoms with van der Waals surface area (Å²) in [4.78, 5) is 0. The lowest BCUT2D eigenvalue weighted by Crippen LogP contribution is -2.12. The van der Waals surface area contributed by atoms with E-state index in [-0.39, 0.29) is 5.41 Å². The van der Waals surface area contributed by atoms with Gasteiger partial charge in [0.15, 0.2) is 0 Å². The smallest absolute Gasteiger partial charge is 0.100 e. The molecular formula is C35H29N. The fraction of sp³-hybridized carbons (Fsp3) is 0.114. The Balaban J connectivity index is 1.84. The van der Waals surface area contributed by atoms with Crippen molar-refractivity contribution in [2.24, 2.45) is 0 Å². The second-order valence-electron chi connectivity index (χ2n) is 10.1. The van der Waals surface area contributed by atoms with Crippen molar-refractivity contribution < 1.29 is 0 Å². The fourth-order valence-corrected chi connectivity index (χ4v) is 4.80. The maximum atomic E-state index is 10.6. The third-order valence-corrected chi connectivity index (χ3v) is 6.72. The molecule has 5 rings (SSSR count). The highest BCUT2D eigenvalue weighted by Gasteiger charge is 2.23. The molecule has 174 valence electrons. The predicted molar refractivity (Wildman–Crippen MR) is 152 cm³/mol. The number of hydrogen-bond acceptors (Lipinski definition) is 1. The lowest BCUT2D eigenvalue weighted by Gasteiger charge is -2.24. The molecule has 0 bridgehead atoms. The van der Waals surface area contributed by atoms with Gasteiger partial charge in [0.25, 0.3) is 0 Å². The average Bonchev–Trinajstić information content (AvgIpc) is 2.93. The summed E-state index contributed by atoms with van der Waals surface area (Å²) in [6.07, 6.45) is 0. The third-order valence-electron chi connectivity index (χ3n) is 6.72. The molecule has 0 radical (unpaired) electrons. The van der Waals surface area contributed by atoms with E-state index in [2.05, 4.69) is 136 Å². The second-order valence-corrected chi connectivity index (χ2v) is 10.1. The summed E-state index contributed by atoms with van der Waals surface area (Å²) in [5.74, 6) is 0. The zero-order chi connectivity index (χ0) is 25.1. The number of benzene rings is 5. The summed E-state index contributed by atoms with van der Waals surface area (Å²) in [5, 5.41) is 10.6. The highest BCUT2D eigenvalue weighted by atomic mass is 14.3. The fourth-order valence-electron chi connectivity index (χ4n) is 4.80. The van der Waals surface area contributed by atoms with E-state index in [4.69, 9.17) is 0 Å². The summed E-state index contributed by atoms with van der Waals surface area (Å²) < 4.78 is 0. The molecule has 0 aliphatic rings. The van der Waals surface area contributed by atoms with Crippen molar-refractivity contribution in [3.63, 3.8) is 0 Å². The van der Waals surface area contributed by atoms with Gasteiger partial charge in [-0.2, -0.15) is 5.26 Å². The van der Waals surface area contributed by atoms with Crippen molar-refractivity contribution in [1.29, 1.82) is 5.26 Å². The molecule has 1 heteroatoms. The van der Waals surface area contributed by atoms with Crippen LogP contribution in [0.1, 0.15) is 31.9 Å². The Kier molecular flexibility index (Phi) is 6.28. The van der Waals surface area contributed by atoms with Gasteiger partial charge in [-0.15, -0.1) is 0 Å². The topological polar surface area (TPSA) is 23.8 Å². The minimum absolute atomic E-state index is 0.0825. The Bertz CT molecular complexity index is 1440. The minimum Gasteiger partial charge on any atom is -0.192 e. The molecule has 0 amide bonds. The predicted octanol–water partition coefficient (Wildman–Crippen LogP) is 9.52. The standard InChI is InChI=1S/C35H29N/c1-35(2,3)27-22-32(30-20-12-10-18-28(30)25-14-6-4-7-15-25)34(24-36)33(23-27)31-21-13-11-19-29(31)26-16-8-5-9-17-26/h4-23H,1-3H3. The van der Waals surface area contributed by atoms with Crippen LogP contribution in [0.15, 0.2) is 121 Å². The molecule has 0 heterocycles. The van der Waals surface area contributed by atoms with Gasteiger partial charge in [0, 0.05) is 11.1 Å². The van der Waals surface area contributed by atoms with Gasteiger partial charge < -0.3 is 0 Å². The summed E-state index contributed by atoms with van der Waals surface area (Å²) in [5.41, 5.74) is 10.5. The summed E-state index contributed by atoms with van der Waals surface area (Å²) in [7, 11) is 0. The van der Waals surface area contributed by atoms with E-state index in [0.29, 0.717) is 5.56 Å². The van der Waals surface area contributed by atoms with Crippen LogP contribution in [-0.4, -0.2) is 0 Å². The SMILES string of the molecule is CC(C)(C)c1cc(-c2ccccc2-c2ccccc2)c(C#N)c(-c2ccccc2-c2ccccc2)c1. The minimum atomic E-state index is -0.0825. The van der Waals surface area contributed by atoms with E-state index < -0.39 is 0 Å². The molecular weight excluding hydrogens is 434 g/mol. The van der Waals surface area contributed by atoms with Crippen molar-refractivity contribution in [1.82, 2.24) is 0 Å².